The van der Waals surface area contributed by atoms with E-state index in [4.69, 9.17) is 4.74 Å². The van der Waals surface area contributed by atoms with Gasteiger partial charge in [0.1, 0.15) is 11.6 Å². The van der Waals surface area contributed by atoms with Crippen molar-refractivity contribution in [2.45, 2.75) is 30.4 Å². The van der Waals surface area contributed by atoms with Crippen LogP contribution in [-0.4, -0.2) is 51.3 Å². The molecule has 0 amide bonds. The number of aliphatic hydroxyl groups excluding tert-OH is 1. The summed E-state index contributed by atoms with van der Waals surface area (Å²) in [6.07, 6.45) is 0.663. The summed E-state index contributed by atoms with van der Waals surface area (Å²) in [6, 6.07) is 12.6. The molecule has 0 radical (unpaired) electrons. The van der Waals surface area contributed by atoms with Gasteiger partial charge in [-0.1, -0.05) is 12.1 Å². The molecule has 2 aromatic rings. The van der Waals surface area contributed by atoms with E-state index in [1.807, 2.05) is 0 Å². The number of nitrogens with one attached hydrogen (secondary N) is 1. The Labute approximate surface area is 171 Å². The fraction of sp³-hybridized carbons (Fsp3) is 0.429. The highest BCUT2D eigenvalue weighted by Gasteiger charge is 2.26. The zero-order valence-electron chi connectivity index (χ0n) is 16.4. The van der Waals surface area contributed by atoms with Crippen molar-refractivity contribution in [2.24, 2.45) is 5.92 Å². The molecule has 158 valence electrons. The first kappa shape index (κ1) is 21.7. The molecule has 1 saturated heterocycles. The molecule has 0 unspecified atom stereocenters. The van der Waals surface area contributed by atoms with Crippen molar-refractivity contribution in [3.05, 3.63) is 59.9 Å². The van der Waals surface area contributed by atoms with E-state index in [-0.39, 0.29) is 23.2 Å². The maximum absolute atomic E-state index is 13.1. The normalized spacial score (nSPS) is 20.9. The van der Waals surface area contributed by atoms with Gasteiger partial charge in [0.2, 0.25) is 10.0 Å². The van der Waals surface area contributed by atoms with Crippen LogP contribution in [0.5, 0.6) is 5.75 Å². The second-order valence-corrected chi connectivity index (χ2v) is 9.10. The number of sulfonamides is 1. The Balaban J connectivity index is 1.56. The molecule has 0 spiro atoms. The van der Waals surface area contributed by atoms with Gasteiger partial charge in [-0.05, 0) is 67.3 Å². The number of likely N-dealkylation sites (tertiary alicyclic amines) is 1. The van der Waals surface area contributed by atoms with E-state index < -0.39 is 16.1 Å². The van der Waals surface area contributed by atoms with Gasteiger partial charge in [-0.3, -0.25) is 4.90 Å². The molecule has 0 aliphatic carbocycles. The summed E-state index contributed by atoms with van der Waals surface area (Å²) in [5.74, 6) is 0.162. The smallest absolute Gasteiger partial charge is 0.240 e. The molecule has 3 rings (SSSR count). The molecule has 0 saturated carbocycles. The van der Waals surface area contributed by atoms with Crippen molar-refractivity contribution < 1.29 is 22.7 Å². The van der Waals surface area contributed by atoms with Gasteiger partial charge in [0, 0.05) is 19.6 Å². The second kappa shape index (κ2) is 9.67. The maximum atomic E-state index is 13.1. The Morgan fingerprint density at radius 3 is 2.41 bits per heavy atom. The number of benzene rings is 2. The molecule has 1 aliphatic rings. The maximum Gasteiger partial charge on any atom is 0.240 e. The highest BCUT2D eigenvalue weighted by atomic mass is 32.2. The van der Waals surface area contributed by atoms with Crippen LogP contribution < -0.4 is 9.46 Å². The first-order valence-electron chi connectivity index (χ1n) is 9.66. The number of halogens is 1. The third-order valence-electron chi connectivity index (χ3n) is 5.33. The average molecular weight is 423 g/mol. The van der Waals surface area contributed by atoms with Gasteiger partial charge in [0.15, 0.2) is 0 Å². The SMILES string of the molecule is COc1ccc(S(=O)(=O)NC[C@H]2CCN(Cc3ccc(F)cc3)CC[C@H]2O)cc1. The Hall–Kier alpha value is -2.00. The Morgan fingerprint density at radius 2 is 1.76 bits per heavy atom. The lowest BCUT2D eigenvalue weighted by atomic mass is 9.98. The third kappa shape index (κ3) is 5.99. The van der Waals surface area contributed by atoms with Gasteiger partial charge < -0.3 is 9.84 Å². The van der Waals surface area contributed by atoms with E-state index in [2.05, 4.69) is 9.62 Å². The van der Waals surface area contributed by atoms with Crippen molar-refractivity contribution in [1.29, 1.82) is 0 Å². The van der Waals surface area contributed by atoms with Crippen LogP contribution in [0.1, 0.15) is 18.4 Å². The molecule has 29 heavy (non-hydrogen) atoms. The predicted octanol–water partition coefficient (Wildman–Crippen LogP) is 2.39. The van der Waals surface area contributed by atoms with E-state index in [0.717, 1.165) is 12.1 Å². The van der Waals surface area contributed by atoms with Crippen LogP contribution in [0.4, 0.5) is 4.39 Å². The summed E-state index contributed by atoms with van der Waals surface area (Å²) >= 11 is 0. The summed E-state index contributed by atoms with van der Waals surface area (Å²) in [6.45, 7) is 2.31. The van der Waals surface area contributed by atoms with Crippen molar-refractivity contribution in [2.75, 3.05) is 26.7 Å². The number of ether oxygens (including phenoxy) is 1. The molecule has 1 heterocycles. The minimum atomic E-state index is -3.65. The van der Waals surface area contributed by atoms with E-state index in [1.54, 1.807) is 24.3 Å². The van der Waals surface area contributed by atoms with Gasteiger partial charge in [-0.2, -0.15) is 0 Å². The van der Waals surface area contributed by atoms with Crippen molar-refractivity contribution in [3.63, 3.8) is 0 Å². The number of rotatable bonds is 7. The molecular formula is C21H27FN2O4S. The molecule has 2 aromatic carbocycles. The van der Waals surface area contributed by atoms with Gasteiger partial charge in [-0.25, -0.2) is 17.5 Å². The van der Waals surface area contributed by atoms with Crippen LogP contribution in [0, 0.1) is 11.7 Å². The summed E-state index contributed by atoms with van der Waals surface area (Å²) < 4.78 is 45.8. The van der Waals surface area contributed by atoms with Crippen LogP contribution in [0.3, 0.4) is 0 Å². The monoisotopic (exact) mass is 422 g/mol. The van der Waals surface area contributed by atoms with E-state index in [0.29, 0.717) is 31.7 Å². The highest BCUT2D eigenvalue weighted by molar-refractivity contribution is 7.89. The fourth-order valence-electron chi connectivity index (χ4n) is 3.50. The summed E-state index contributed by atoms with van der Waals surface area (Å²) in [5, 5.41) is 10.5. The molecule has 2 atom stereocenters. The molecule has 0 bridgehead atoms. The van der Waals surface area contributed by atoms with E-state index in [9.17, 15) is 17.9 Å². The van der Waals surface area contributed by atoms with Crippen LogP contribution in [0.25, 0.3) is 0 Å². The lowest BCUT2D eigenvalue weighted by molar-refractivity contribution is 0.105. The molecule has 1 fully saturated rings. The third-order valence-corrected chi connectivity index (χ3v) is 6.77. The second-order valence-electron chi connectivity index (χ2n) is 7.33. The molecule has 2 N–H and O–H groups in total. The number of hydrogen-bond acceptors (Lipinski definition) is 5. The van der Waals surface area contributed by atoms with Gasteiger partial charge in [-0.15, -0.1) is 0 Å². The van der Waals surface area contributed by atoms with Crippen LogP contribution in [-0.2, 0) is 16.6 Å². The number of methoxy groups -OCH3 is 1. The average Bonchev–Trinajstić information content (AvgIpc) is 2.90. The van der Waals surface area contributed by atoms with Crippen molar-refractivity contribution >= 4 is 10.0 Å². The van der Waals surface area contributed by atoms with Crippen molar-refractivity contribution in [1.82, 2.24) is 9.62 Å². The van der Waals surface area contributed by atoms with Gasteiger partial charge >= 0.3 is 0 Å². The lowest BCUT2D eigenvalue weighted by Crippen LogP contribution is -2.35. The van der Waals surface area contributed by atoms with Crippen molar-refractivity contribution in [3.8, 4) is 5.75 Å². The fourth-order valence-corrected chi connectivity index (χ4v) is 4.60. The number of hydrogen-bond donors (Lipinski definition) is 2. The number of nitrogens with zero attached hydrogens (tertiary/aromatic N) is 1. The number of aliphatic hydroxyl groups is 1. The van der Waals surface area contributed by atoms with Crippen LogP contribution in [0.2, 0.25) is 0 Å². The van der Waals surface area contributed by atoms with Crippen LogP contribution in [0.15, 0.2) is 53.4 Å². The van der Waals surface area contributed by atoms with E-state index >= 15 is 0 Å². The molecular weight excluding hydrogens is 395 g/mol. The minimum Gasteiger partial charge on any atom is -0.497 e. The van der Waals surface area contributed by atoms with Gasteiger partial charge in [0.05, 0.1) is 18.1 Å². The molecule has 8 heteroatoms. The molecule has 6 nitrogen and oxygen atoms in total. The predicted molar refractivity (Wildman–Crippen MR) is 109 cm³/mol. The summed E-state index contributed by atoms with van der Waals surface area (Å²) in [5.41, 5.74) is 1.01. The summed E-state index contributed by atoms with van der Waals surface area (Å²) in [4.78, 5) is 2.37. The first-order chi connectivity index (χ1) is 13.9. The lowest BCUT2D eigenvalue weighted by Gasteiger charge is -2.21. The van der Waals surface area contributed by atoms with Gasteiger partial charge in [0.25, 0.3) is 0 Å². The Morgan fingerprint density at radius 1 is 1.10 bits per heavy atom. The summed E-state index contributed by atoms with van der Waals surface area (Å²) in [7, 11) is -2.13. The molecule has 0 aromatic heterocycles. The molecule has 1 aliphatic heterocycles. The first-order valence-corrected chi connectivity index (χ1v) is 11.1. The minimum absolute atomic E-state index is 0.166. The van der Waals surface area contributed by atoms with E-state index in [1.165, 1.54) is 31.4 Å². The quantitative estimate of drug-likeness (QED) is 0.716. The highest BCUT2D eigenvalue weighted by Crippen LogP contribution is 2.21. The zero-order chi connectivity index (χ0) is 20.9. The zero-order valence-corrected chi connectivity index (χ0v) is 17.2. The topological polar surface area (TPSA) is 78.9 Å². The Bertz CT molecular complexity index is 888. The Kier molecular flexibility index (Phi) is 7.23. The van der Waals surface area contributed by atoms with Crippen LogP contribution >= 0.6 is 0 Å². The largest absolute Gasteiger partial charge is 0.497 e. The standard InChI is InChI=1S/C21H27FN2O4S/c1-28-19-6-8-20(9-7-19)29(26,27)23-14-17-10-12-24(13-11-21(17)25)15-16-2-4-18(22)5-3-16/h2-9,17,21,23,25H,10-15H2,1H3/t17-,21-/m1/s1.